The van der Waals surface area contributed by atoms with Gasteiger partial charge in [-0.15, -0.1) is 0 Å². The molecule has 2 rings (SSSR count). The quantitative estimate of drug-likeness (QED) is 0.852. The molecule has 1 aliphatic rings. The van der Waals surface area contributed by atoms with Crippen molar-refractivity contribution in [1.82, 2.24) is 19.4 Å². The summed E-state index contributed by atoms with van der Waals surface area (Å²) in [5.74, 6) is 1.12. The van der Waals surface area contributed by atoms with Gasteiger partial charge in [-0.3, -0.25) is 9.80 Å². The van der Waals surface area contributed by atoms with Crippen LogP contribution in [0.1, 0.15) is 26.1 Å². The summed E-state index contributed by atoms with van der Waals surface area (Å²) in [7, 11) is 2.04. The van der Waals surface area contributed by atoms with Gasteiger partial charge in [-0.05, 0) is 13.3 Å². The van der Waals surface area contributed by atoms with E-state index in [2.05, 4.69) is 26.3 Å². The van der Waals surface area contributed by atoms with E-state index in [-0.39, 0.29) is 6.10 Å². The Morgan fingerprint density at radius 1 is 1.47 bits per heavy atom. The number of hydrogen-bond donors (Lipinski definition) is 1. The number of imidazole rings is 1. The van der Waals surface area contributed by atoms with Gasteiger partial charge in [0.2, 0.25) is 0 Å². The predicted molar refractivity (Wildman–Crippen MR) is 75.8 cm³/mol. The fourth-order valence-corrected chi connectivity index (χ4v) is 2.82. The van der Waals surface area contributed by atoms with Gasteiger partial charge in [0, 0.05) is 51.7 Å². The van der Waals surface area contributed by atoms with E-state index in [4.69, 9.17) is 0 Å². The molecule has 1 aromatic heterocycles. The van der Waals surface area contributed by atoms with E-state index >= 15 is 0 Å². The number of aromatic nitrogens is 2. The highest BCUT2D eigenvalue weighted by Crippen LogP contribution is 2.15. The number of piperazine rings is 1. The fraction of sp³-hybridized carbons (Fsp3) is 0.786. The zero-order valence-electron chi connectivity index (χ0n) is 12.3. The van der Waals surface area contributed by atoms with E-state index in [0.29, 0.717) is 6.04 Å². The third-order valence-corrected chi connectivity index (χ3v) is 3.94. The molecule has 0 amide bonds. The molecule has 1 aliphatic heterocycles. The first-order chi connectivity index (χ1) is 9.10. The third-order valence-electron chi connectivity index (χ3n) is 3.94. The normalized spacial score (nSPS) is 23.7. The molecule has 1 fully saturated rings. The van der Waals surface area contributed by atoms with E-state index in [0.717, 1.165) is 45.0 Å². The number of β-amino-alcohol motifs (C(OH)–C–C–N with tert-alkyl or cyclic N) is 1. The van der Waals surface area contributed by atoms with Crippen molar-refractivity contribution >= 4 is 0 Å². The lowest BCUT2D eigenvalue weighted by molar-refractivity contribution is 0.0326. The highest BCUT2D eigenvalue weighted by Gasteiger charge is 2.26. The Hall–Kier alpha value is -0.910. The van der Waals surface area contributed by atoms with Crippen LogP contribution in [0.3, 0.4) is 0 Å². The Labute approximate surface area is 115 Å². The molecular weight excluding hydrogens is 240 g/mol. The summed E-state index contributed by atoms with van der Waals surface area (Å²) in [6.07, 6.45) is 4.74. The summed E-state index contributed by atoms with van der Waals surface area (Å²) in [5.41, 5.74) is 0. The number of aliphatic hydroxyl groups excluding tert-OH is 1. The average molecular weight is 266 g/mol. The van der Waals surface area contributed by atoms with E-state index in [9.17, 15) is 5.11 Å². The Kier molecular flexibility index (Phi) is 4.96. The molecule has 19 heavy (non-hydrogen) atoms. The molecule has 0 radical (unpaired) electrons. The predicted octanol–water partition coefficient (Wildman–Crippen LogP) is 0.697. The molecular formula is C14H26N4O. The van der Waals surface area contributed by atoms with Crippen LogP contribution in [0.25, 0.3) is 0 Å². The van der Waals surface area contributed by atoms with Crippen LogP contribution >= 0.6 is 0 Å². The molecule has 108 valence electrons. The van der Waals surface area contributed by atoms with Crippen LogP contribution < -0.4 is 0 Å². The monoisotopic (exact) mass is 266 g/mol. The largest absolute Gasteiger partial charge is 0.392 e. The van der Waals surface area contributed by atoms with E-state index < -0.39 is 0 Å². The first-order valence-electron chi connectivity index (χ1n) is 7.20. The van der Waals surface area contributed by atoms with Crippen molar-refractivity contribution in [1.29, 1.82) is 0 Å². The molecule has 5 heteroatoms. The van der Waals surface area contributed by atoms with Crippen molar-refractivity contribution in [3.05, 3.63) is 18.2 Å². The molecule has 1 saturated heterocycles. The van der Waals surface area contributed by atoms with Crippen LogP contribution in [0.5, 0.6) is 0 Å². The van der Waals surface area contributed by atoms with Crippen molar-refractivity contribution in [3.63, 3.8) is 0 Å². The van der Waals surface area contributed by atoms with E-state index in [1.54, 1.807) is 0 Å². The van der Waals surface area contributed by atoms with Crippen molar-refractivity contribution < 1.29 is 5.11 Å². The standard InChI is InChI=1S/C14H26N4O/c1-4-13-10-17(7-8-18(13)9-12(2)19)11-14-15-5-6-16(14)3/h5-6,12-13,19H,4,7-11H2,1-3H3/t12-,13-/m1/s1. The second kappa shape index (κ2) is 6.50. The number of rotatable bonds is 5. The maximum absolute atomic E-state index is 9.56. The third kappa shape index (κ3) is 3.78. The van der Waals surface area contributed by atoms with Gasteiger partial charge in [-0.1, -0.05) is 6.92 Å². The molecule has 1 aromatic rings. The summed E-state index contributed by atoms with van der Waals surface area (Å²) in [5, 5.41) is 9.56. The van der Waals surface area contributed by atoms with Crippen LogP contribution in [0.2, 0.25) is 0 Å². The lowest BCUT2D eigenvalue weighted by atomic mass is 10.1. The Bertz CT molecular complexity index is 391. The summed E-state index contributed by atoms with van der Waals surface area (Å²) >= 11 is 0. The number of nitrogens with zero attached hydrogens (tertiary/aromatic N) is 4. The summed E-state index contributed by atoms with van der Waals surface area (Å²) in [6.45, 7) is 8.95. The zero-order chi connectivity index (χ0) is 13.8. The maximum atomic E-state index is 9.56. The molecule has 0 bridgehead atoms. The molecule has 2 atom stereocenters. The van der Waals surface area contributed by atoms with Crippen molar-refractivity contribution in [2.75, 3.05) is 26.2 Å². The van der Waals surface area contributed by atoms with Gasteiger partial charge in [0.15, 0.2) is 0 Å². The molecule has 5 nitrogen and oxygen atoms in total. The minimum Gasteiger partial charge on any atom is -0.392 e. The van der Waals surface area contributed by atoms with Gasteiger partial charge >= 0.3 is 0 Å². The Morgan fingerprint density at radius 3 is 2.84 bits per heavy atom. The topological polar surface area (TPSA) is 44.5 Å². The molecule has 0 aliphatic carbocycles. The molecule has 1 N–H and O–H groups in total. The van der Waals surface area contributed by atoms with Crippen LogP contribution in [0, 0.1) is 0 Å². The average Bonchev–Trinajstić information content (AvgIpc) is 2.76. The SMILES string of the molecule is CC[C@@H]1CN(Cc2nccn2C)CCN1C[C@@H](C)O. The lowest BCUT2D eigenvalue weighted by Gasteiger charge is -2.41. The lowest BCUT2D eigenvalue weighted by Crippen LogP contribution is -2.54. The molecule has 2 heterocycles. The number of aliphatic hydroxyl groups is 1. The fourth-order valence-electron chi connectivity index (χ4n) is 2.82. The first-order valence-corrected chi connectivity index (χ1v) is 7.20. The summed E-state index contributed by atoms with van der Waals surface area (Å²) in [4.78, 5) is 9.28. The second-order valence-corrected chi connectivity index (χ2v) is 5.60. The second-order valence-electron chi connectivity index (χ2n) is 5.60. The highest BCUT2D eigenvalue weighted by atomic mass is 16.3. The van der Waals surface area contributed by atoms with Gasteiger partial charge in [-0.25, -0.2) is 4.98 Å². The Balaban J connectivity index is 1.91. The van der Waals surface area contributed by atoms with Gasteiger partial charge in [0.05, 0.1) is 12.6 Å². The van der Waals surface area contributed by atoms with E-state index in [1.807, 2.05) is 26.4 Å². The first kappa shape index (κ1) is 14.5. The van der Waals surface area contributed by atoms with Crippen molar-refractivity contribution in [2.24, 2.45) is 7.05 Å². The van der Waals surface area contributed by atoms with Crippen LogP contribution in [-0.2, 0) is 13.6 Å². The zero-order valence-corrected chi connectivity index (χ0v) is 12.3. The Morgan fingerprint density at radius 2 is 2.26 bits per heavy atom. The van der Waals surface area contributed by atoms with Crippen LogP contribution in [-0.4, -0.2) is 62.8 Å². The molecule has 0 unspecified atom stereocenters. The summed E-state index contributed by atoms with van der Waals surface area (Å²) < 4.78 is 2.09. The maximum Gasteiger partial charge on any atom is 0.122 e. The minimum atomic E-state index is -0.241. The van der Waals surface area contributed by atoms with Gasteiger partial charge < -0.3 is 9.67 Å². The molecule has 0 aromatic carbocycles. The molecule has 0 spiro atoms. The summed E-state index contributed by atoms with van der Waals surface area (Å²) in [6, 6.07) is 0.545. The smallest absolute Gasteiger partial charge is 0.122 e. The van der Waals surface area contributed by atoms with Crippen LogP contribution in [0.4, 0.5) is 0 Å². The van der Waals surface area contributed by atoms with Gasteiger partial charge in [0.1, 0.15) is 5.82 Å². The van der Waals surface area contributed by atoms with Crippen LogP contribution in [0.15, 0.2) is 12.4 Å². The number of aryl methyl sites for hydroxylation is 1. The highest BCUT2D eigenvalue weighted by molar-refractivity contribution is 4.93. The van der Waals surface area contributed by atoms with Gasteiger partial charge in [-0.2, -0.15) is 0 Å². The molecule has 0 saturated carbocycles. The minimum absolute atomic E-state index is 0.241. The van der Waals surface area contributed by atoms with Crippen molar-refractivity contribution in [3.8, 4) is 0 Å². The number of hydrogen-bond acceptors (Lipinski definition) is 4. The van der Waals surface area contributed by atoms with E-state index in [1.165, 1.54) is 0 Å². The van der Waals surface area contributed by atoms with Crippen molar-refractivity contribution in [2.45, 2.75) is 39.0 Å². The van der Waals surface area contributed by atoms with Gasteiger partial charge in [0.25, 0.3) is 0 Å².